The summed E-state index contributed by atoms with van der Waals surface area (Å²) in [4.78, 5) is 13.7. The van der Waals surface area contributed by atoms with Crippen LogP contribution in [0, 0.1) is 13.8 Å². The Morgan fingerprint density at radius 2 is 1.76 bits per heavy atom. The number of sulfonamides is 1. The van der Waals surface area contributed by atoms with E-state index >= 15 is 0 Å². The van der Waals surface area contributed by atoms with Crippen molar-refractivity contribution in [2.45, 2.75) is 18.7 Å². The fourth-order valence-corrected chi connectivity index (χ4v) is 3.69. The van der Waals surface area contributed by atoms with Gasteiger partial charge < -0.3 is 0 Å². The number of nitrogens with zero attached hydrogens (tertiary/aromatic N) is 3. The second-order valence-electron chi connectivity index (χ2n) is 5.35. The van der Waals surface area contributed by atoms with E-state index in [1.807, 2.05) is 17.5 Å². The Morgan fingerprint density at radius 1 is 1.08 bits per heavy atom. The summed E-state index contributed by atoms with van der Waals surface area (Å²) in [5.41, 5.74) is 2.07. The zero-order valence-electron chi connectivity index (χ0n) is 13.7. The van der Waals surface area contributed by atoms with Crippen LogP contribution in [-0.4, -0.2) is 24.6 Å². The van der Waals surface area contributed by atoms with E-state index in [9.17, 15) is 8.42 Å². The molecule has 1 N–H and O–H groups in total. The van der Waals surface area contributed by atoms with E-state index in [-0.39, 0.29) is 10.8 Å². The van der Waals surface area contributed by atoms with E-state index in [1.54, 1.807) is 49.6 Å². The van der Waals surface area contributed by atoms with Gasteiger partial charge in [-0.05, 0) is 55.6 Å². The molecule has 1 aromatic carbocycles. The lowest BCUT2D eigenvalue weighted by atomic mass is 10.3. The van der Waals surface area contributed by atoms with Gasteiger partial charge >= 0.3 is 0 Å². The Bertz CT molecular complexity index is 975. The van der Waals surface area contributed by atoms with Crippen LogP contribution in [0.5, 0.6) is 0 Å². The minimum absolute atomic E-state index is 0.0669. The summed E-state index contributed by atoms with van der Waals surface area (Å²) in [6.07, 6.45) is 1.75. The molecule has 25 heavy (non-hydrogen) atoms. The van der Waals surface area contributed by atoms with Crippen molar-refractivity contribution in [1.29, 1.82) is 0 Å². The van der Waals surface area contributed by atoms with Crippen molar-refractivity contribution in [3.05, 3.63) is 64.1 Å². The molecule has 0 aliphatic heterocycles. The Balaban J connectivity index is 1.78. The van der Waals surface area contributed by atoms with Crippen LogP contribution in [0.4, 0.5) is 11.6 Å². The number of thiophene rings is 1. The average molecular weight is 372 g/mol. The summed E-state index contributed by atoms with van der Waals surface area (Å²) in [5, 5.41) is 1.97. The molecule has 0 aliphatic carbocycles. The summed E-state index contributed by atoms with van der Waals surface area (Å²) in [6.45, 7) is 3.57. The molecular formula is C17H16N4O2S2. The van der Waals surface area contributed by atoms with Crippen LogP contribution in [0.3, 0.4) is 0 Å². The predicted octanol–water partition coefficient (Wildman–Crippen LogP) is 3.71. The van der Waals surface area contributed by atoms with Gasteiger partial charge in [-0.1, -0.05) is 6.07 Å². The van der Waals surface area contributed by atoms with Crippen molar-refractivity contribution in [1.82, 2.24) is 9.97 Å². The van der Waals surface area contributed by atoms with Gasteiger partial charge in [-0.3, -0.25) is 4.99 Å². The quantitative estimate of drug-likeness (QED) is 0.692. The molecule has 128 valence electrons. The number of aromatic nitrogens is 2. The normalized spacial score (nSPS) is 11.8. The van der Waals surface area contributed by atoms with Gasteiger partial charge in [0.1, 0.15) is 0 Å². The van der Waals surface area contributed by atoms with Crippen LogP contribution in [0.1, 0.15) is 16.3 Å². The molecule has 8 heteroatoms. The maximum absolute atomic E-state index is 12.5. The number of aryl methyl sites for hydroxylation is 2. The molecule has 6 nitrogen and oxygen atoms in total. The monoisotopic (exact) mass is 372 g/mol. The Morgan fingerprint density at radius 3 is 2.36 bits per heavy atom. The standard InChI is InChI=1S/C17H16N4O2S2/c1-12-10-13(2)20-17(19-12)21-25(22,23)16-7-5-14(6-8-16)18-11-15-4-3-9-24-15/h3-11H,1-2H3,(H,19,20,21). The molecule has 0 saturated carbocycles. The van der Waals surface area contributed by atoms with Crippen molar-refractivity contribution in [3.63, 3.8) is 0 Å². The van der Waals surface area contributed by atoms with Crippen LogP contribution in [-0.2, 0) is 10.0 Å². The summed E-state index contributed by atoms with van der Waals surface area (Å²) < 4.78 is 27.3. The molecule has 2 aromatic heterocycles. The molecule has 0 saturated heterocycles. The van der Waals surface area contributed by atoms with E-state index in [0.29, 0.717) is 17.1 Å². The van der Waals surface area contributed by atoms with Gasteiger partial charge in [-0.2, -0.15) is 0 Å². The first kappa shape index (κ1) is 17.2. The smallest absolute Gasteiger partial charge is 0.255 e. The Hall–Kier alpha value is -2.58. The highest BCUT2D eigenvalue weighted by Crippen LogP contribution is 2.19. The van der Waals surface area contributed by atoms with Crippen molar-refractivity contribution in [2.75, 3.05) is 4.72 Å². The zero-order valence-corrected chi connectivity index (χ0v) is 15.3. The van der Waals surface area contributed by atoms with Gasteiger partial charge in [0.15, 0.2) is 0 Å². The highest BCUT2D eigenvalue weighted by Gasteiger charge is 2.16. The topological polar surface area (TPSA) is 84.3 Å². The van der Waals surface area contributed by atoms with Gasteiger partial charge in [-0.25, -0.2) is 23.1 Å². The largest absolute Gasteiger partial charge is 0.264 e. The summed E-state index contributed by atoms with van der Waals surface area (Å²) in [7, 11) is -3.75. The van der Waals surface area contributed by atoms with Crippen molar-refractivity contribution in [3.8, 4) is 0 Å². The second kappa shape index (κ2) is 7.12. The number of benzene rings is 1. The van der Waals surface area contributed by atoms with Crippen molar-refractivity contribution in [2.24, 2.45) is 4.99 Å². The molecule has 0 fully saturated rings. The molecule has 3 rings (SSSR count). The second-order valence-corrected chi connectivity index (χ2v) is 8.01. The van der Waals surface area contributed by atoms with Crippen molar-refractivity contribution >= 4 is 39.2 Å². The number of aliphatic imine (C=N–C) groups is 1. The number of rotatable bonds is 5. The summed E-state index contributed by atoms with van der Waals surface area (Å²) in [6, 6.07) is 12.0. The third-order valence-electron chi connectivity index (χ3n) is 3.24. The molecule has 0 atom stereocenters. The number of hydrogen-bond donors (Lipinski definition) is 1. The van der Waals surface area contributed by atoms with Gasteiger partial charge in [0.05, 0.1) is 10.6 Å². The van der Waals surface area contributed by atoms with E-state index < -0.39 is 10.0 Å². The molecule has 2 heterocycles. The Kier molecular flexibility index (Phi) is 4.91. The van der Waals surface area contributed by atoms with Gasteiger partial charge in [0.2, 0.25) is 5.95 Å². The van der Waals surface area contributed by atoms with Crippen molar-refractivity contribution < 1.29 is 8.42 Å². The van der Waals surface area contributed by atoms with Gasteiger partial charge in [0, 0.05) is 22.5 Å². The van der Waals surface area contributed by atoms with E-state index in [0.717, 1.165) is 4.88 Å². The maximum Gasteiger partial charge on any atom is 0.264 e. The van der Waals surface area contributed by atoms with Crippen LogP contribution < -0.4 is 4.72 Å². The number of anilines is 1. The minimum atomic E-state index is -3.75. The minimum Gasteiger partial charge on any atom is -0.255 e. The fourth-order valence-electron chi connectivity index (χ4n) is 2.16. The summed E-state index contributed by atoms with van der Waals surface area (Å²) in [5.74, 6) is 0.0669. The van der Waals surface area contributed by atoms with Crippen LogP contribution in [0.25, 0.3) is 0 Å². The molecule has 0 unspecified atom stereocenters. The number of nitrogens with one attached hydrogen (secondary N) is 1. The molecule has 0 bridgehead atoms. The maximum atomic E-state index is 12.5. The number of hydrogen-bond acceptors (Lipinski definition) is 6. The molecular weight excluding hydrogens is 356 g/mol. The van der Waals surface area contributed by atoms with Gasteiger partial charge in [-0.15, -0.1) is 11.3 Å². The average Bonchev–Trinajstić information content (AvgIpc) is 3.05. The van der Waals surface area contributed by atoms with Crippen LogP contribution in [0.2, 0.25) is 0 Å². The molecule has 0 radical (unpaired) electrons. The predicted molar refractivity (Wildman–Crippen MR) is 100 cm³/mol. The van der Waals surface area contributed by atoms with E-state index in [4.69, 9.17) is 0 Å². The molecule has 3 aromatic rings. The SMILES string of the molecule is Cc1cc(C)nc(NS(=O)(=O)c2ccc(N=Cc3cccs3)cc2)n1. The third kappa shape index (κ3) is 4.49. The highest BCUT2D eigenvalue weighted by atomic mass is 32.2. The van der Waals surface area contributed by atoms with E-state index in [2.05, 4.69) is 19.7 Å². The first-order valence-electron chi connectivity index (χ1n) is 7.45. The lowest BCUT2D eigenvalue weighted by Crippen LogP contribution is -2.15. The fraction of sp³-hybridized carbons (Fsp3) is 0.118. The summed E-state index contributed by atoms with van der Waals surface area (Å²) >= 11 is 1.58. The first-order valence-corrected chi connectivity index (χ1v) is 9.81. The molecule has 0 amide bonds. The highest BCUT2D eigenvalue weighted by molar-refractivity contribution is 7.92. The zero-order chi connectivity index (χ0) is 17.9. The third-order valence-corrected chi connectivity index (χ3v) is 5.39. The van der Waals surface area contributed by atoms with Gasteiger partial charge in [0.25, 0.3) is 10.0 Å². The molecule has 0 aliphatic rings. The molecule has 0 spiro atoms. The lowest BCUT2D eigenvalue weighted by molar-refractivity contribution is 0.601. The lowest BCUT2D eigenvalue weighted by Gasteiger charge is -2.08. The first-order chi connectivity index (χ1) is 11.9. The van der Waals surface area contributed by atoms with Crippen LogP contribution >= 0.6 is 11.3 Å². The Labute approximate surface area is 150 Å². The van der Waals surface area contributed by atoms with Crippen LogP contribution in [0.15, 0.2) is 57.7 Å². The van der Waals surface area contributed by atoms with E-state index in [1.165, 1.54) is 12.1 Å².